The van der Waals surface area contributed by atoms with Gasteiger partial charge in [-0.15, -0.1) is 0 Å². The first-order valence-corrected chi connectivity index (χ1v) is 2.20. The van der Waals surface area contributed by atoms with Gasteiger partial charge in [0, 0.05) is 6.42 Å². The smallest absolute Gasteiger partial charge is 0.542 e. The van der Waals surface area contributed by atoms with E-state index in [2.05, 4.69) is 0 Å². The van der Waals surface area contributed by atoms with Gasteiger partial charge < -0.3 is 9.59 Å². The van der Waals surface area contributed by atoms with Crippen molar-refractivity contribution < 1.29 is 39.1 Å². The second kappa shape index (κ2) is 10.3. The van der Waals surface area contributed by atoms with Crippen molar-refractivity contribution >= 4 is 12.6 Å². The third-order valence-electron chi connectivity index (χ3n) is 0.601. The molecule has 0 rings (SSSR count). The topological polar surface area (TPSA) is 34.1 Å². The molecule has 0 aliphatic rings. The van der Waals surface area contributed by atoms with Gasteiger partial charge in [-0.3, -0.25) is 6.29 Å². The summed E-state index contributed by atoms with van der Waals surface area (Å²) in [6.45, 7) is 0. The van der Waals surface area contributed by atoms with Gasteiger partial charge in [0.15, 0.2) is 0 Å². The molecule has 0 saturated carbocycles. The minimum absolute atomic E-state index is 0. The van der Waals surface area contributed by atoms with Gasteiger partial charge in [0.25, 0.3) is 0 Å². The van der Waals surface area contributed by atoms with Gasteiger partial charge in [-0.25, -0.2) is 0 Å². The fourth-order valence-electron chi connectivity index (χ4n) is 0.258. The Balaban J connectivity index is 0. The normalized spacial score (nSPS) is 7.00. The maximum Gasteiger partial charge on any atom is 1.00 e. The molecule has 3 heteroatoms. The molecule has 0 aromatic heterocycles. The van der Waals surface area contributed by atoms with Gasteiger partial charge in [-0.2, -0.15) is 6.42 Å². The molecule has 0 atom stereocenters. The van der Waals surface area contributed by atoms with E-state index in [9.17, 15) is 9.59 Å². The van der Waals surface area contributed by atoms with E-state index in [1.165, 1.54) is 0 Å². The van der Waals surface area contributed by atoms with Crippen LogP contribution in [0.3, 0.4) is 0 Å². The average molecular weight is 122 g/mol. The van der Waals surface area contributed by atoms with E-state index in [4.69, 9.17) is 0 Å². The molecular weight excluding hydrogens is 115 g/mol. The first-order chi connectivity index (χ1) is 3.41. The number of hydrogen-bond donors (Lipinski definition) is 0. The van der Waals surface area contributed by atoms with Crippen LogP contribution in [0.25, 0.3) is 0 Å². The molecule has 0 heterocycles. The van der Waals surface area contributed by atoms with Crippen molar-refractivity contribution in [3.63, 3.8) is 0 Å². The number of unbranched alkanes of at least 4 members (excludes halogenated alkanes) is 2. The van der Waals surface area contributed by atoms with E-state index in [0.29, 0.717) is 19.3 Å². The zero-order valence-electron chi connectivity index (χ0n) is 5.02. The summed E-state index contributed by atoms with van der Waals surface area (Å²) < 4.78 is 0. The fraction of sp³-hybridized carbons (Fsp3) is 0.600. The van der Waals surface area contributed by atoms with E-state index in [1.54, 1.807) is 6.29 Å². The summed E-state index contributed by atoms with van der Waals surface area (Å²) in [4.78, 5) is 19.0. The molecule has 0 aliphatic carbocycles. The molecule has 0 fully saturated rings. The average Bonchev–Trinajstić information content (AvgIpc) is 1.69. The van der Waals surface area contributed by atoms with Crippen LogP contribution in [0, 0.1) is 0 Å². The zero-order chi connectivity index (χ0) is 5.54. The van der Waals surface area contributed by atoms with E-state index >= 15 is 0 Å². The molecule has 0 aliphatic heterocycles. The minimum Gasteiger partial charge on any atom is -0.542 e. The molecule has 0 N–H and O–H groups in total. The van der Waals surface area contributed by atoms with E-state index in [-0.39, 0.29) is 29.6 Å². The van der Waals surface area contributed by atoms with Crippen molar-refractivity contribution in [2.45, 2.75) is 19.3 Å². The molecule has 0 bridgehead atoms. The summed E-state index contributed by atoms with van der Waals surface area (Å²) in [5.41, 5.74) is 0. The Morgan fingerprint density at radius 3 is 2.50 bits per heavy atom. The molecule has 40 valence electrons. The van der Waals surface area contributed by atoms with Crippen LogP contribution in [0.1, 0.15) is 19.3 Å². The Bertz CT molecular complexity index is 55.4. The first kappa shape index (κ1) is 11.2. The predicted octanol–water partition coefficient (Wildman–Crippen LogP) is -2.53. The monoisotopic (exact) mass is 122 g/mol. The van der Waals surface area contributed by atoms with Crippen LogP contribution < -0.4 is 29.6 Å². The molecule has 0 amide bonds. The Hall–Kier alpha value is 0.340. The van der Waals surface area contributed by atoms with E-state index in [1.807, 2.05) is 0 Å². The van der Waals surface area contributed by atoms with E-state index in [0.717, 1.165) is 6.29 Å². The van der Waals surface area contributed by atoms with Gasteiger partial charge in [0.05, 0.1) is 0 Å². The molecule has 2 nitrogen and oxygen atoms in total. The Kier molecular flexibility index (Phi) is 14.5. The summed E-state index contributed by atoms with van der Waals surface area (Å²) >= 11 is 0. The molecule has 0 unspecified atom stereocenters. The Morgan fingerprint density at radius 2 is 2.12 bits per heavy atom. The number of carbonyl (C=O) groups is 1. The van der Waals surface area contributed by atoms with Crippen molar-refractivity contribution in [3.8, 4) is 0 Å². The minimum atomic E-state index is 0. The SMILES string of the molecule is O=[C-]CCCC=O.[Na+]. The molecule has 0 saturated heterocycles. The quantitative estimate of drug-likeness (QED) is 0.178. The molecule has 8 heavy (non-hydrogen) atoms. The number of hydrogen-bond acceptors (Lipinski definition) is 2. The number of aldehydes is 1. The second-order valence-corrected chi connectivity index (χ2v) is 1.20. The van der Waals surface area contributed by atoms with Crippen LogP contribution in [0.5, 0.6) is 0 Å². The fourth-order valence-corrected chi connectivity index (χ4v) is 0.258. The maximum absolute atomic E-state index is 9.55. The second-order valence-electron chi connectivity index (χ2n) is 1.20. The van der Waals surface area contributed by atoms with Gasteiger partial charge in [0.2, 0.25) is 0 Å². The standard InChI is InChI=1S/C5H7O2.Na/c6-4-2-1-3-5-7;/h4H,1-3H2;/q-1;+1. The molecule has 0 aromatic rings. The Labute approximate surface area is 70.9 Å². The molecule has 0 radical (unpaired) electrons. The van der Waals surface area contributed by atoms with Crippen LogP contribution in [-0.2, 0) is 9.59 Å². The molecule has 0 aromatic carbocycles. The summed E-state index contributed by atoms with van der Waals surface area (Å²) in [5, 5.41) is 0. The summed E-state index contributed by atoms with van der Waals surface area (Å²) in [5.74, 6) is 0. The first-order valence-electron chi connectivity index (χ1n) is 2.20. The number of carbonyl (C=O) groups excluding carboxylic acids is 2. The van der Waals surface area contributed by atoms with Gasteiger partial charge >= 0.3 is 29.6 Å². The third kappa shape index (κ3) is 9.60. The van der Waals surface area contributed by atoms with Gasteiger partial charge in [0.1, 0.15) is 6.29 Å². The summed E-state index contributed by atoms with van der Waals surface area (Å²) in [6.07, 6.45) is 4.01. The number of rotatable bonds is 4. The summed E-state index contributed by atoms with van der Waals surface area (Å²) in [6, 6.07) is 0. The molecule has 0 spiro atoms. The van der Waals surface area contributed by atoms with Gasteiger partial charge in [-0.05, 0) is 0 Å². The zero-order valence-corrected chi connectivity index (χ0v) is 7.02. The maximum atomic E-state index is 9.55. The third-order valence-corrected chi connectivity index (χ3v) is 0.601. The van der Waals surface area contributed by atoms with Crippen molar-refractivity contribution in [1.29, 1.82) is 0 Å². The van der Waals surface area contributed by atoms with Crippen molar-refractivity contribution in [3.05, 3.63) is 0 Å². The van der Waals surface area contributed by atoms with Crippen molar-refractivity contribution in [1.82, 2.24) is 0 Å². The predicted molar refractivity (Wildman–Crippen MR) is 25.6 cm³/mol. The van der Waals surface area contributed by atoms with E-state index < -0.39 is 0 Å². The van der Waals surface area contributed by atoms with Gasteiger partial charge in [-0.1, -0.05) is 6.42 Å². The van der Waals surface area contributed by atoms with Crippen LogP contribution in [0.15, 0.2) is 0 Å². The largest absolute Gasteiger partial charge is 1.00 e. The van der Waals surface area contributed by atoms with Crippen LogP contribution in [-0.4, -0.2) is 12.6 Å². The van der Waals surface area contributed by atoms with Crippen LogP contribution in [0.4, 0.5) is 0 Å². The molecular formula is C5H7NaO2. The Morgan fingerprint density at radius 1 is 1.50 bits per heavy atom. The van der Waals surface area contributed by atoms with Crippen molar-refractivity contribution in [2.24, 2.45) is 0 Å². The van der Waals surface area contributed by atoms with Crippen LogP contribution >= 0.6 is 0 Å². The van der Waals surface area contributed by atoms with Crippen molar-refractivity contribution in [2.75, 3.05) is 0 Å². The summed E-state index contributed by atoms with van der Waals surface area (Å²) in [7, 11) is 0. The van der Waals surface area contributed by atoms with Crippen LogP contribution in [0.2, 0.25) is 0 Å².